The number of rotatable bonds is 6. The fourth-order valence-electron chi connectivity index (χ4n) is 4.42. The maximum absolute atomic E-state index is 12.4. The Morgan fingerprint density at radius 1 is 1.06 bits per heavy atom. The molecule has 1 saturated heterocycles. The molecule has 4 aromatic rings. The van der Waals surface area contributed by atoms with Gasteiger partial charge in [-0.15, -0.1) is 0 Å². The number of ether oxygens (including phenoxy) is 1. The topological polar surface area (TPSA) is 125 Å². The molecule has 9 nitrogen and oxygen atoms in total. The number of aromatic nitrogens is 4. The molecule has 1 unspecified atom stereocenters. The lowest BCUT2D eigenvalue weighted by Gasteiger charge is -2.33. The third-order valence-corrected chi connectivity index (χ3v) is 6.08. The molecule has 0 spiro atoms. The Balaban J connectivity index is 1.47. The number of nitrogens with two attached hydrogens (primary N) is 2. The number of hydrogen-bond acceptors (Lipinski definition) is 7. The summed E-state index contributed by atoms with van der Waals surface area (Å²) in [4.78, 5) is 23.0. The second-order valence-electron chi connectivity index (χ2n) is 8.36. The highest BCUT2D eigenvalue weighted by Crippen LogP contribution is 2.34. The van der Waals surface area contributed by atoms with E-state index < -0.39 is 0 Å². The van der Waals surface area contributed by atoms with Gasteiger partial charge in [0, 0.05) is 31.6 Å². The summed E-state index contributed by atoms with van der Waals surface area (Å²) < 4.78 is 7.82. The summed E-state index contributed by atoms with van der Waals surface area (Å²) in [5.74, 6) is 1.95. The molecule has 1 atom stereocenters. The van der Waals surface area contributed by atoms with Crippen LogP contribution in [0.3, 0.4) is 0 Å². The first-order valence-corrected chi connectivity index (χ1v) is 11.4. The number of carbonyl (C=O) groups is 1. The van der Waals surface area contributed by atoms with Gasteiger partial charge >= 0.3 is 0 Å². The molecule has 1 fully saturated rings. The molecule has 1 amide bonds. The van der Waals surface area contributed by atoms with Crippen LogP contribution in [-0.4, -0.2) is 50.2 Å². The van der Waals surface area contributed by atoms with E-state index in [0.29, 0.717) is 42.1 Å². The predicted octanol–water partition coefficient (Wildman–Crippen LogP) is 3.38. The van der Waals surface area contributed by atoms with Crippen molar-refractivity contribution in [3.63, 3.8) is 0 Å². The summed E-state index contributed by atoms with van der Waals surface area (Å²) in [6.07, 6.45) is 3.60. The van der Waals surface area contributed by atoms with Gasteiger partial charge in [0.25, 0.3) is 0 Å². The van der Waals surface area contributed by atoms with Crippen molar-refractivity contribution in [1.29, 1.82) is 0 Å². The number of nitrogen functional groups attached to an aromatic ring is 1. The van der Waals surface area contributed by atoms with E-state index in [4.69, 9.17) is 21.3 Å². The molecule has 1 aliphatic heterocycles. The number of piperidine rings is 1. The molecule has 0 bridgehead atoms. The van der Waals surface area contributed by atoms with E-state index in [1.807, 2.05) is 64.2 Å². The number of para-hydroxylation sites is 1. The monoisotopic (exact) mass is 457 g/mol. The first-order valence-electron chi connectivity index (χ1n) is 11.4. The van der Waals surface area contributed by atoms with Crippen LogP contribution < -0.4 is 16.2 Å². The van der Waals surface area contributed by atoms with Crippen molar-refractivity contribution >= 4 is 22.8 Å². The average Bonchev–Trinajstić information content (AvgIpc) is 3.26. The van der Waals surface area contributed by atoms with Gasteiger partial charge in [-0.1, -0.05) is 18.2 Å². The SMILES string of the molecule is NCCC(=O)N1CCCC(n2nc(-c3ccc(Oc4ccccc4)cc3)c3c(N)ncnc32)C1. The molecule has 174 valence electrons. The second-order valence-corrected chi connectivity index (χ2v) is 8.36. The van der Waals surface area contributed by atoms with Crippen molar-refractivity contribution in [3.05, 3.63) is 60.9 Å². The second kappa shape index (κ2) is 9.48. The minimum atomic E-state index is 0.00158. The van der Waals surface area contributed by atoms with Gasteiger partial charge < -0.3 is 21.1 Å². The van der Waals surface area contributed by atoms with Gasteiger partial charge in [-0.25, -0.2) is 14.6 Å². The molecule has 0 aliphatic carbocycles. The predicted molar refractivity (Wildman–Crippen MR) is 130 cm³/mol. The Morgan fingerprint density at radius 2 is 1.82 bits per heavy atom. The number of carbonyl (C=O) groups excluding carboxylic acids is 1. The molecule has 4 N–H and O–H groups in total. The standard InChI is InChI=1S/C25H27N7O2/c26-13-12-21(33)31-14-4-5-18(15-31)32-25-22(24(27)28-16-29-25)23(30-32)17-8-10-20(11-9-17)34-19-6-2-1-3-7-19/h1-3,6-11,16,18H,4-5,12-15,26H2,(H2,27,28,29). The molecule has 2 aromatic heterocycles. The zero-order valence-corrected chi connectivity index (χ0v) is 18.8. The minimum Gasteiger partial charge on any atom is -0.457 e. The number of benzene rings is 2. The molecular weight excluding hydrogens is 430 g/mol. The molecule has 34 heavy (non-hydrogen) atoms. The Bertz CT molecular complexity index is 1290. The summed E-state index contributed by atoms with van der Waals surface area (Å²) in [6.45, 7) is 1.66. The van der Waals surface area contributed by atoms with Gasteiger partial charge in [-0.05, 0) is 49.2 Å². The smallest absolute Gasteiger partial charge is 0.223 e. The first kappa shape index (κ1) is 21.8. The van der Waals surface area contributed by atoms with E-state index in [1.54, 1.807) is 0 Å². The van der Waals surface area contributed by atoms with Crippen LogP contribution in [0.4, 0.5) is 5.82 Å². The summed E-state index contributed by atoms with van der Waals surface area (Å²) in [6, 6.07) is 17.3. The van der Waals surface area contributed by atoms with Crippen LogP contribution in [0.5, 0.6) is 11.5 Å². The quantitative estimate of drug-likeness (QED) is 0.455. The molecule has 9 heteroatoms. The van der Waals surface area contributed by atoms with Crippen molar-refractivity contribution in [2.24, 2.45) is 5.73 Å². The molecule has 2 aromatic carbocycles. The van der Waals surface area contributed by atoms with E-state index in [2.05, 4.69) is 9.97 Å². The zero-order chi connectivity index (χ0) is 23.5. The third kappa shape index (κ3) is 4.29. The van der Waals surface area contributed by atoms with Crippen molar-refractivity contribution in [2.45, 2.75) is 25.3 Å². The Morgan fingerprint density at radius 3 is 2.59 bits per heavy atom. The van der Waals surface area contributed by atoms with Crippen LogP contribution in [0.2, 0.25) is 0 Å². The Labute approximate surface area is 197 Å². The summed E-state index contributed by atoms with van der Waals surface area (Å²) >= 11 is 0. The highest BCUT2D eigenvalue weighted by molar-refractivity contribution is 5.98. The maximum Gasteiger partial charge on any atom is 0.223 e. The summed E-state index contributed by atoms with van der Waals surface area (Å²) in [5, 5.41) is 5.64. The van der Waals surface area contributed by atoms with Crippen LogP contribution in [0, 0.1) is 0 Å². The average molecular weight is 458 g/mol. The van der Waals surface area contributed by atoms with E-state index >= 15 is 0 Å². The third-order valence-electron chi connectivity index (χ3n) is 6.08. The van der Waals surface area contributed by atoms with Crippen molar-refractivity contribution in [2.75, 3.05) is 25.4 Å². The molecule has 5 rings (SSSR count). The van der Waals surface area contributed by atoms with Crippen LogP contribution in [0.25, 0.3) is 22.3 Å². The van der Waals surface area contributed by atoms with Gasteiger partial charge in [-0.3, -0.25) is 4.79 Å². The number of hydrogen-bond donors (Lipinski definition) is 2. The van der Waals surface area contributed by atoms with Crippen molar-refractivity contribution in [3.8, 4) is 22.8 Å². The molecule has 3 heterocycles. The molecule has 1 aliphatic rings. The maximum atomic E-state index is 12.4. The highest BCUT2D eigenvalue weighted by Gasteiger charge is 2.28. The number of nitrogens with zero attached hydrogens (tertiary/aromatic N) is 5. The van der Waals surface area contributed by atoms with Gasteiger partial charge in [0.1, 0.15) is 29.3 Å². The van der Waals surface area contributed by atoms with Crippen LogP contribution >= 0.6 is 0 Å². The van der Waals surface area contributed by atoms with Gasteiger partial charge in [0.05, 0.1) is 11.4 Å². The normalized spacial score (nSPS) is 16.0. The number of anilines is 1. The summed E-state index contributed by atoms with van der Waals surface area (Å²) in [7, 11) is 0. The van der Waals surface area contributed by atoms with Crippen LogP contribution in [-0.2, 0) is 4.79 Å². The Kier molecular flexibility index (Phi) is 6.09. The lowest BCUT2D eigenvalue weighted by molar-refractivity contribution is -0.132. The fraction of sp³-hybridized carbons (Fsp3) is 0.280. The minimum absolute atomic E-state index is 0.00158. The molecular formula is C25H27N7O2. The van der Waals surface area contributed by atoms with E-state index in [-0.39, 0.29) is 11.9 Å². The Hall–Kier alpha value is -3.98. The zero-order valence-electron chi connectivity index (χ0n) is 18.8. The lowest BCUT2D eigenvalue weighted by atomic mass is 10.1. The van der Waals surface area contributed by atoms with E-state index in [9.17, 15) is 4.79 Å². The highest BCUT2D eigenvalue weighted by atomic mass is 16.5. The van der Waals surface area contributed by atoms with Crippen molar-refractivity contribution in [1.82, 2.24) is 24.6 Å². The van der Waals surface area contributed by atoms with E-state index in [1.165, 1.54) is 6.33 Å². The number of likely N-dealkylation sites (tertiary alicyclic amines) is 1. The molecule has 0 radical (unpaired) electrons. The summed E-state index contributed by atoms with van der Waals surface area (Å²) in [5.41, 5.74) is 14.1. The van der Waals surface area contributed by atoms with E-state index in [0.717, 1.165) is 36.4 Å². The number of fused-ring (bicyclic) bond motifs is 1. The fourth-order valence-corrected chi connectivity index (χ4v) is 4.42. The first-order chi connectivity index (χ1) is 16.6. The number of amides is 1. The van der Waals surface area contributed by atoms with Gasteiger partial charge in [0.2, 0.25) is 5.91 Å². The van der Waals surface area contributed by atoms with Crippen LogP contribution in [0.1, 0.15) is 25.3 Å². The largest absolute Gasteiger partial charge is 0.457 e. The van der Waals surface area contributed by atoms with Gasteiger partial charge in [-0.2, -0.15) is 5.10 Å². The molecule has 0 saturated carbocycles. The van der Waals surface area contributed by atoms with Crippen molar-refractivity contribution < 1.29 is 9.53 Å². The lowest BCUT2D eigenvalue weighted by Crippen LogP contribution is -2.41. The van der Waals surface area contributed by atoms with Crippen LogP contribution in [0.15, 0.2) is 60.9 Å². The van der Waals surface area contributed by atoms with Gasteiger partial charge in [0.15, 0.2) is 5.65 Å².